The monoisotopic (exact) mass is 495 g/mol. The van der Waals surface area contributed by atoms with Crippen LogP contribution in [0.3, 0.4) is 0 Å². The second-order valence-electron chi connectivity index (χ2n) is 8.80. The number of furan rings is 1. The third-order valence-corrected chi connectivity index (χ3v) is 6.65. The number of nitro groups is 1. The normalized spacial score (nSPS) is 14.6. The summed E-state index contributed by atoms with van der Waals surface area (Å²) in [5, 5.41) is 21.6. The van der Waals surface area contributed by atoms with Crippen molar-refractivity contribution in [3.8, 4) is 17.6 Å². The van der Waals surface area contributed by atoms with Gasteiger partial charge < -0.3 is 19.6 Å². The molecule has 0 spiro atoms. The first kappa shape index (κ1) is 23.6. The fraction of sp³-hybridized carbons (Fsp3) is 0.143. The van der Waals surface area contributed by atoms with Crippen molar-refractivity contribution in [1.82, 2.24) is 0 Å². The number of nitro benzene ring substituents is 1. The van der Waals surface area contributed by atoms with Gasteiger partial charge in [-0.05, 0) is 43.5 Å². The molecule has 0 radical (unpaired) electrons. The Balaban J connectivity index is 1.49. The molecule has 0 bridgehead atoms. The number of benzene rings is 3. The number of carbonyl (C=O) groups is 1. The number of non-ortho nitro benzene ring substituents is 1. The molecule has 1 aromatic heterocycles. The van der Waals surface area contributed by atoms with Crippen LogP contribution >= 0.6 is 0 Å². The van der Waals surface area contributed by atoms with E-state index in [0.717, 1.165) is 16.5 Å². The van der Waals surface area contributed by atoms with Crippen LogP contribution in [-0.2, 0) is 0 Å². The lowest BCUT2D eigenvalue weighted by molar-refractivity contribution is -0.384. The van der Waals surface area contributed by atoms with E-state index in [1.807, 2.05) is 26.0 Å². The fourth-order valence-corrected chi connectivity index (χ4v) is 4.50. The van der Waals surface area contributed by atoms with Crippen molar-refractivity contribution in [3.05, 3.63) is 110 Å². The Morgan fingerprint density at radius 2 is 1.81 bits per heavy atom. The zero-order valence-electron chi connectivity index (χ0n) is 20.2. The molecule has 184 valence electrons. The number of fused-ring (bicyclic) bond motifs is 2. The largest absolute Gasteiger partial charge is 0.448 e. The van der Waals surface area contributed by atoms with Crippen LogP contribution in [0.25, 0.3) is 11.0 Å². The molecule has 9 heteroatoms. The minimum absolute atomic E-state index is 0.0695. The van der Waals surface area contributed by atoms with Gasteiger partial charge in [0.15, 0.2) is 0 Å². The summed E-state index contributed by atoms with van der Waals surface area (Å²) in [5.41, 5.74) is 10.7. The summed E-state index contributed by atoms with van der Waals surface area (Å²) in [7, 11) is 0. The molecule has 37 heavy (non-hydrogen) atoms. The van der Waals surface area contributed by atoms with Crippen molar-refractivity contribution in [2.45, 2.75) is 26.7 Å². The maximum atomic E-state index is 13.0. The van der Waals surface area contributed by atoms with E-state index in [9.17, 15) is 20.2 Å². The molecule has 4 aromatic rings. The van der Waals surface area contributed by atoms with Gasteiger partial charge in [-0.15, -0.1) is 0 Å². The van der Waals surface area contributed by atoms with Crippen LogP contribution in [0.15, 0.2) is 70.5 Å². The zero-order chi connectivity index (χ0) is 26.4. The SMILES string of the molecule is Cc1ccc2c(C)c(C(=O)Oc3ccc4c(c3)OC(N)=C(C#N)C4c3ccc([N+](=O)[O-])cc3)oc2c1C. The van der Waals surface area contributed by atoms with Crippen LogP contribution in [0.4, 0.5) is 5.69 Å². The summed E-state index contributed by atoms with van der Waals surface area (Å²) < 4.78 is 17.2. The van der Waals surface area contributed by atoms with E-state index >= 15 is 0 Å². The number of rotatable bonds is 4. The van der Waals surface area contributed by atoms with E-state index in [0.29, 0.717) is 28.0 Å². The second-order valence-corrected chi connectivity index (χ2v) is 8.80. The Morgan fingerprint density at radius 3 is 2.49 bits per heavy atom. The van der Waals surface area contributed by atoms with Gasteiger partial charge in [-0.25, -0.2) is 4.79 Å². The first-order chi connectivity index (χ1) is 17.7. The number of nitrogens with zero attached hydrogens (tertiary/aromatic N) is 2. The third-order valence-electron chi connectivity index (χ3n) is 6.65. The molecule has 0 fully saturated rings. The first-order valence-electron chi connectivity index (χ1n) is 11.4. The smallest absolute Gasteiger partial charge is 0.379 e. The number of allylic oxidation sites excluding steroid dienone is 1. The van der Waals surface area contributed by atoms with Crippen molar-refractivity contribution in [1.29, 1.82) is 5.26 Å². The Morgan fingerprint density at radius 1 is 1.08 bits per heavy atom. The molecule has 0 aliphatic carbocycles. The van der Waals surface area contributed by atoms with Gasteiger partial charge in [0, 0.05) is 34.7 Å². The van der Waals surface area contributed by atoms with Crippen LogP contribution < -0.4 is 15.2 Å². The number of nitrogens with two attached hydrogens (primary N) is 1. The van der Waals surface area contributed by atoms with E-state index < -0.39 is 16.8 Å². The Kier molecular flexibility index (Phi) is 5.65. The molecule has 1 unspecified atom stereocenters. The van der Waals surface area contributed by atoms with Gasteiger partial charge in [0.2, 0.25) is 11.6 Å². The number of hydrogen-bond acceptors (Lipinski definition) is 8. The molecule has 2 N–H and O–H groups in total. The maximum Gasteiger partial charge on any atom is 0.379 e. The van der Waals surface area contributed by atoms with Gasteiger partial charge in [-0.3, -0.25) is 10.1 Å². The number of nitriles is 1. The number of esters is 1. The van der Waals surface area contributed by atoms with Crippen molar-refractivity contribution < 1.29 is 23.6 Å². The van der Waals surface area contributed by atoms with E-state index in [4.69, 9.17) is 19.6 Å². The molecule has 9 nitrogen and oxygen atoms in total. The van der Waals surface area contributed by atoms with Gasteiger partial charge in [0.1, 0.15) is 28.7 Å². The summed E-state index contributed by atoms with van der Waals surface area (Å²) in [5.74, 6) is -0.749. The number of hydrogen-bond donors (Lipinski definition) is 1. The molecule has 1 atom stereocenters. The van der Waals surface area contributed by atoms with Gasteiger partial charge in [-0.1, -0.05) is 30.3 Å². The highest BCUT2D eigenvalue weighted by Crippen LogP contribution is 2.44. The Hall–Kier alpha value is -5.10. The summed E-state index contributed by atoms with van der Waals surface area (Å²) >= 11 is 0. The standard InChI is InChI=1S/C28H21N3O6/c1-14-4-10-20-16(3)26(37-25(20)15(14)2)28(32)35-19-9-11-21-23(12-19)36-27(30)22(13-29)24(21)17-5-7-18(8-6-17)31(33)34/h4-12,24H,30H2,1-3H3. The molecule has 3 aromatic carbocycles. The highest BCUT2D eigenvalue weighted by molar-refractivity contribution is 5.97. The highest BCUT2D eigenvalue weighted by atomic mass is 16.6. The predicted octanol–water partition coefficient (Wildman–Crippen LogP) is 5.70. The summed E-state index contributed by atoms with van der Waals surface area (Å²) in [6.45, 7) is 5.71. The quantitative estimate of drug-likeness (QED) is 0.164. The van der Waals surface area contributed by atoms with E-state index in [-0.39, 0.29) is 28.7 Å². The van der Waals surface area contributed by atoms with E-state index in [1.54, 1.807) is 31.2 Å². The highest BCUT2D eigenvalue weighted by Gasteiger charge is 2.31. The lowest BCUT2D eigenvalue weighted by atomic mass is 9.83. The third kappa shape index (κ3) is 3.94. The van der Waals surface area contributed by atoms with Gasteiger partial charge in [0.05, 0.1) is 10.8 Å². The number of aryl methyl sites for hydroxylation is 3. The topological polar surface area (TPSA) is 142 Å². The van der Waals surface area contributed by atoms with Gasteiger partial charge in [-0.2, -0.15) is 5.26 Å². The zero-order valence-corrected chi connectivity index (χ0v) is 20.2. The van der Waals surface area contributed by atoms with Crippen LogP contribution in [0.5, 0.6) is 11.5 Å². The molecule has 5 rings (SSSR count). The van der Waals surface area contributed by atoms with Crippen LogP contribution in [0.2, 0.25) is 0 Å². The minimum atomic E-state index is -0.658. The average molecular weight is 495 g/mol. The van der Waals surface area contributed by atoms with E-state index in [2.05, 4.69) is 6.07 Å². The van der Waals surface area contributed by atoms with Gasteiger partial charge in [0.25, 0.3) is 5.69 Å². The van der Waals surface area contributed by atoms with Crippen LogP contribution in [-0.4, -0.2) is 10.9 Å². The van der Waals surface area contributed by atoms with Crippen molar-refractivity contribution >= 4 is 22.6 Å². The summed E-state index contributed by atoms with van der Waals surface area (Å²) in [4.78, 5) is 23.6. The average Bonchev–Trinajstić information content (AvgIpc) is 3.22. The summed E-state index contributed by atoms with van der Waals surface area (Å²) in [6, 6.07) is 16.6. The van der Waals surface area contributed by atoms with Crippen molar-refractivity contribution in [2.75, 3.05) is 0 Å². The Bertz CT molecular complexity index is 1680. The van der Waals surface area contributed by atoms with Crippen LogP contribution in [0.1, 0.15) is 44.3 Å². The minimum Gasteiger partial charge on any atom is -0.448 e. The molecule has 1 aliphatic heterocycles. The molecule has 1 aliphatic rings. The predicted molar refractivity (Wildman–Crippen MR) is 134 cm³/mol. The molecular formula is C28H21N3O6. The Labute approximate surface area is 211 Å². The van der Waals surface area contributed by atoms with Crippen molar-refractivity contribution in [3.63, 3.8) is 0 Å². The molecule has 2 heterocycles. The number of ether oxygens (including phenoxy) is 2. The van der Waals surface area contributed by atoms with Crippen molar-refractivity contribution in [2.24, 2.45) is 5.73 Å². The second kappa shape index (κ2) is 8.84. The van der Waals surface area contributed by atoms with Crippen LogP contribution in [0, 0.1) is 42.2 Å². The number of carbonyl (C=O) groups excluding carboxylic acids is 1. The fourth-order valence-electron chi connectivity index (χ4n) is 4.50. The molecule has 0 saturated carbocycles. The molecule has 0 saturated heterocycles. The first-order valence-corrected chi connectivity index (χ1v) is 11.4. The van der Waals surface area contributed by atoms with Gasteiger partial charge >= 0.3 is 5.97 Å². The van der Waals surface area contributed by atoms with E-state index in [1.165, 1.54) is 18.2 Å². The summed E-state index contributed by atoms with van der Waals surface area (Å²) in [6.07, 6.45) is 0. The molecule has 0 amide bonds. The lowest BCUT2D eigenvalue weighted by Gasteiger charge is -2.26. The molecular weight excluding hydrogens is 474 g/mol. The maximum absolute atomic E-state index is 13.0. The lowest BCUT2D eigenvalue weighted by Crippen LogP contribution is -2.21.